The molecule has 0 fully saturated rings. The first-order chi connectivity index (χ1) is 6.66. The van der Waals surface area contributed by atoms with E-state index in [0.717, 1.165) is 0 Å². The molecular formula is C7H3BrCl2N4. The Balaban J connectivity index is 2.55. The predicted octanol–water partition coefficient (Wildman–Crippen LogP) is 2.73. The van der Waals surface area contributed by atoms with Crippen molar-refractivity contribution < 1.29 is 0 Å². The summed E-state index contributed by atoms with van der Waals surface area (Å²) in [4.78, 5) is 7.81. The monoisotopic (exact) mass is 292 g/mol. The third-order valence-corrected chi connectivity index (χ3v) is 2.40. The van der Waals surface area contributed by atoms with Gasteiger partial charge in [-0.05, 0) is 27.5 Å². The third kappa shape index (κ3) is 1.89. The maximum Gasteiger partial charge on any atom is 0.224 e. The van der Waals surface area contributed by atoms with E-state index in [4.69, 9.17) is 23.2 Å². The lowest BCUT2D eigenvalue weighted by Gasteiger charge is -2.01. The van der Waals surface area contributed by atoms with Crippen LogP contribution in [0.2, 0.25) is 10.3 Å². The van der Waals surface area contributed by atoms with Crippen molar-refractivity contribution in [2.24, 2.45) is 0 Å². The Morgan fingerprint density at radius 1 is 1.29 bits per heavy atom. The van der Waals surface area contributed by atoms with Crippen molar-refractivity contribution in [2.45, 2.75) is 0 Å². The number of hydrogen-bond donors (Lipinski definition) is 0. The van der Waals surface area contributed by atoms with Gasteiger partial charge in [0.1, 0.15) is 0 Å². The summed E-state index contributed by atoms with van der Waals surface area (Å²) in [7, 11) is 0. The second-order valence-electron chi connectivity index (χ2n) is 2.41. The van der Waals surface area contributed by atoms with Crippen LogP contribution < -0.4 is 0 Å². The Morgan fingerprint density at radius 3 is 2.71 bits per heavy atom. The Labute approximate surface area is 98.0 Å². The molecule has 0 aromatic carbocycles. The molecule has 4 nitrogen and oxygen atoms in total. The minimum atomic E-state index is 0.162. The average molecular weight is 294 g/mol. The molecule has 0 bridgehead atoms. The quantitative estimate of drug-likeness (QED) is 0.760. The van der Waals surface area contributed by atoms with Gasteiger partial charge in [-0.2, -0.15) is 10.1 Å². The van der Waals surface area contributed by atoms with Crippen LogP contribution in [-0.2, 0) is 0 Å². The summed E-state index contributed by atoms with van der Waals surface area (Å²) in [6.07, 6.45) is 4.70. The zero-order valence-corrected chi connectivity index (χ0v) is 9.75. The van der Waals surface area contributed by atoms with E-state index in [9.17, 15) is 0 Å². The summed E-state index contributed by atoms with van der Waals surface area (Å²) in [5, 5.41) is 4.69. The van der Waals surface area contributed by atoms with Crippen molar-refractivity contribution in [3.05, 3.63) is 33.4 Å². The molecular weight excluding hydrogens is 291 g/mol. The minimum absolute atomic E-state index is 0.162. The molecule has 0 spiro atoms. The Hall–Kier alpha value is -0.650. The zero-order chi connectivity index (χ0) is 10.1. The molecule has 0 aliphatic carbocycles. The normalized spacial score (nSPS) is 10.5. The van der Waals surface area contributed by atoms with E-state index in [0.29, 0.717) is 15.3 Å². The lowest BCUT2D eigenvalue weighted by atomic mass is 10.6. The highest BCUT2D eigenvalue weighted by Gasteiger charge is 2.07. The van der Waals surface area contributed by atoms with Crippen molar-refractivity contribution in [3.63, 3.8) is 0 Å². The summed E-state index contributed by atoms with van der Waals surface area (Å²) >= 11 is 14.7. The molecule has 7 heteroatoms. The van der Waals surface area contributed by atoms with Crippen LogP contribution in [0.3, 0.4) is 0 Å². The van der Waals surface area contributed by atoms with Crippen molar-refractivity contribution in [1.29, 1.82) is 0 Å². The van der Waals surface area contributed by atoms with Crippen LogP contribution >= 0.6 is 39.1 Å². The SMILES string of the molecule is Clc1cnn(-c2nc(Cl)ncc2Br)c1. The standard InChI is InChI=1S/C7H3BrCl2N4/c8-5-2-11-7(10)13-6(5)14-3-4(9)1-12-14/h1-3H. The molecule has 0 saturated carbocycles. The summed E-state index contributed by atoms with van der Waals surface area (Å²) < 4.78 is 2.21. The van der Waals surface area contributed by atoms with E-state index in [1.165, 1.54) is 10.9 Å². The summed E-state index contributed by atoms with van der Waals surface area (Å²) in [5.74, 6) is 0.553. The fourth-order valence-corrected chi connectivity index (χ4v) is 1.55. The molecule has 14 heavy (non-hydrogen) atoms. The van der Waals surface area contributed by atoms with Gasteiger partial charge in [-0.15, -0.1) is 0 Å². The van der Waals surface area contributed by atoms with Gasteiger partial charge in [-0.25, -0.2) is 9.67 Å². The molecule has 0 N–H and O–H groups in total. The smallest absolute Gasteiger partial charge is 0.224 e. The molecule has 0 aliphatic heterocycles. The molecule has 72 valence electrons. The second-order valence-corrected chi connectivity index (χ2v) is 4.04. The van der Waals surface area contributed by atoms with Crippen molar-refractivity contribution in [1.82, 2.24) is 19.7 Å². The van der Waals surface area contributed by atoms with Crippen LogP contribution in [0.4, 0.5) is 0 Å². The van der Waals surface area contributed by atoms with E-state index in [2.05, 4.69) is 31.0 Å². The Morgan fingerprint density at radius 2 is 2.07 bits per heavy atom. The van der Waals surface area contributed by atoms with Gasteiger partial charge in [-0.1, -0.05) is 11.6 Å². The van der Waals surface area contributed by atoms with Gasteiger partial charge >= 0.3 is 0 Å². The van der Waals surface area contributed by atoms with Crippen LogP contribution in [0.25, 0.3) is 5.82 Å². The molecule has 0 unspecified atom stereocenters. The molecule has 0 aliphatic rings. The van der Waals surface area contributed by atoms with Gasteiger partial charge in [0.25, 0.3) is 0 Å². The molecule has 2 rings (SSSR count). The van der Waals surface area contributed by atoms with Gasteiger partial charge in [-0.3, -0.25) is 0 Å². The number of nitrogens with zero attached hydrogens (tertiary/aromatic N) is 4. The van der Waals surface area contributed by atoms with Crippen LogP contribution in [0, 0.1) is 0 Å². The van der Waals surface area contributed by atoms with Crippen molar-refractivity contribution in [2.75, 3.05) is 0 Å². The highest BCUT2D eigenvalue weighted by molar-refractivity contribution is 9.10. The molecule has 0 saturated heterocycles. The number of halogens is 3. The number of aromatic nitrogens is 4. The van der Waals surface area contributed by atoms with Gasteiger partial charge < -0.3 is 0 Å². The second kappa shape index (κ2) is 3.84. The lowest BCUT2D eigenvalue weighted by molar-refractivity contribution is 0.833. The van der Waals surface area contributed by atoms with E-state index >= 15 is 0 Å². The van der Waals surface area contributed by atoms with E-state index in [1.54, 1.807) is 12.4 Å². The summed E-state index contributed by atoms with van der Waals surface area (Å²) in [6.45, 7) is 0. The molecule has 0 amide bonds. The Bertz CT molecular complexity index is 470. The lowest BCUT2D eigenvalue weighted by Crippen LogP contribution is -2.00. The highest BCUT2D eigenvalue weighted by Crippen LogP contribution is 2.19. The first-order valence-corrected chi connectivity index (χ1v) is 5.10. The van der Waals surface area contributed by atoms with Crippen molar-refractivity contribution in [3.8, 4) is 5.82 Å². The number of rotatable bonds is 1. The first kappa shape index (κ1) is 9.89. The topological polar surface area (TPSA) is 43.6 Å². The van der Waals surface area contributed by atoms with Crippen LogP contribution in [0.15, 0.2) is 23.1 Å². The zero-order valence-electron chi connectivity index (χ0n) is 6.65. The summed E-state index contributed by atoms with van der Waals surface area (Å²) in [6, 6.07) is 0. The third-order valence-electron chi connectivity index (χ3n) is 1.46. The largest absolute Gasteiger partial charge is 0.225 e. The maximum absolute atomic E-state index is 5.73. The maximum atomic E-state index is 5.73. The van der Waals surface area contributed by atoms with Gasteiger partial charge in [0.15, 0.2) is 5.82 Å². The summed E-state index contributed by atoms with van der Waals surface area (Å²) in [5.41, 5.74) is 0. The van der Waals surface area contributed by atoms with E-state index in [-0.39, 0.29) is 5.28 Å². The van der Waals surface area contributed by atoms with Crippen LogP contribution in [-0.4, -0.2) is 19.7 Å². The van der Waals surface area contributed by atoms with E-state index < -0.39 is 0 Å². The van der Waals surface area contributed by atoms with Crippen LogP contribution in [0.1, 0.15) is 0 Å². The average Bonchev–Trinajstić information content (AvgIpc) is 2.56. The van der Waals surface area contributed by atoms with Gasteiger partial charge in [0.05, 0.1) is 21.9 Å². The minimum Gasteiger partial charge on any atom is -0.225 e. The highest BCUT2D eigenvalue weighted by atomic mass is 79.9. The fourth-order valence-electron chi connectivity index (χ4n) is 0.915. The molecule has 0 atom stereocenters. The number of hydrogen-bond acceptors (Lipinski definition) is 3. The van der Waals surface area contributed by atoms with E-state index in [1.807, 2.05) is 0 Å². The molecule has 2 aromatic heterocycles. The van der Waals surface area contributed by atoms with Crippen LogP contribution in [0.5, 0.6) is 0 Å². The Kier molecular flexibility index (Phi) is 2.71. The van der Waals surface area contributed by atoms with Gasteiger partial charge in [0, 0.05) is 6.20 Å². The molecule has 2 heterocycles. The molecule has 0 radical (unpaired) electrons. The first-order valence-electron chi connectivity index (χ1n) is 3.55. The van der Waals surface area contributed by atoms with Crippen molar-refractivity contribution >= 4 is 39.1 Å². The molecule has 2 aromatic rings. The fraction of sp³-hybridized carbons (Fsp3) is 0. The predicted molar refractivity (Wildman–Crippen MR) is 56.9 cm³/mol. The van der Waals surface area contributed by atoms with Gasteiger partial charge in [0.2, 0.25) is 5.28 Å².